The molecule has 0 aliphatic rings. The van der Waals surface area contributed by atoms with Crippen molar-refractivity contribution in [1.82, 2.24) is 14.7 Å². The van der Waals surface area contributed by atoms with Gasteiger partial charge in [0.15, 0.2) is 0 Å². The van der Waals surface area contributed by atoms with Crippen LogP contribution in [0.1, 0.15) is 38.6 Å². The molecule has 1 aromatic rings. The Morgan fingerprint density at radius 3 is 2.42 bits per heavy atom. The maximum Gasteiger partial charge on any atom is 0.140 e. The largest absolute Gasteiger partial charge is 0.303 e. The van der Waals surface area contributed by atoms with E-state index in [1.165, 1.54) is 0 Å². The van der Waals surface area contributed by atoms with Gasteiger partial charge in [-0.15, -0.1) is 0 Å². The Kier molecular flexibility index (Phi) is 6.52. The molecule has 0 saturated heterocycles. The molecule has 1 heterocycles. The normalized spacial score (nSPS) is 11.3. The van der Waals surface area contributed by atoms with Gasteiger partial charge < -0.3 is 4.90 Å². The van der Waals surface area contributed by atoms with E-state index in [1.807, 2.05) is 14.0 Å². The molecular weight excluding hydrogens is 262 g/mol. The highest BCUT2D eigenvalue weighted by atomic mass is 35.5. The van der Waals surface area contributed by atoms with Gasteiger partial charge in [-0.3, -0.25) is 9.48 Å². The van der Waals surface area contributed by atoms with Crippen molar-refractivity contribution in [1.29, 1.82) is 0 Å². The predicted octanol–water partition coefficient (Wildman–Crippen LogP) is 2.48. The number of ketones is 1. The highest BCUT2D eigenvalue weighted by Gasteiger charge is 2.16. The second kappa shape index (κ2) is 7.65. The van der Waals surface area contributed by atoms with Crippen LogP contribution < -0.4 is 0 Å². The van der Waals surface area contributed by atoms with Crippen LogP contribution in [0.25, 0.3) is 0 Å². The highest BCUT2D eigenvalue weighted by Crippen LogP contribution is 2.21. The van der Waals surface area contributed by atoms with E-state index in [1.54, 1.807) is 4.68 Å². The van der Waals surface area contributed by atoms with Crippen LogP contribution in [-0.2, 0) is 24.7 Å². The van der Waals surface area contributed by atoms with Gasteiger partial charge in [-0.1, -0.05) is 32.4 Å². The Bertz CT molecular complexity index is 425. The highest BCUT2D eigenvalue weighted by molar-refractivity contribution is 6.32. The van der Waals surface area contributed by atoms with Gasteiger partial charge in [0.25, 0.3) is 0 Å². The van der Waals surface area contributed by atoms with Gasteiger partial charge in [-0.05, 0) is 19.5 Å². The van der Waals surface area contributed by atoms with Gasteiger partial charge in [-0.25, -0.2) is 0 Å². The van der Waals surface area contributed by atoms with Gasteiger partial charge in [-0.2, -0.15) is 5.10 Å². The number of hydrogen-bond acceptors (Lipinski definition) is 3. The Morgan fingerprint density at radius 1 is 1.32 bits per heavy atom. The van der Waals surface area contributed by atoms with E-state index in [2.05, 4.69) is 23.8 Å². The Hall–Kier alpha value is -0.870. The van der Waals surface area contributed by atoms with Gasteiger partial charge >= 0.3 is 0 Å². The molecule has 108 valence electrons. The van der Waals surface area contributed by atoms with E-state index < -0.39 is 0 Å². The van der Waals surface area contributed by atoms with Crippen LogP contribution in [0.15, 0.2) is 0 Å². The molecule has 0 bridgehead atoms. The molecule has 0 spiro atoms. The Balaban J connectivity index is 2.60. The number of rotatable bonds is 8. The summed E-state index contributed by atoms with van der Waals surface area (Å²) in [7, 11) is 1.85. The fourth-order valence-corrected chi connectivity index (χ4v) is 2.47. The van der Waals surface area contributed by atoms with E-state index in [0.29, 0.717) is 17.9 Å². The number of hydrogen-bond donors (Lipinski definition) is 0. The van der Waals surface area contributed by atoms with Crippen LogP contribution in [-0.4, -0.2) is 40.1 Å². The van der Waals surface area contributed by atoms with Crippen LogP contribution in [0.2, 0.25) is 5.02 Å². The number of nitrogens with zero attached hydrogens (tertiary/aromatic N) is 3. The molecule has 0 aliphatic heterocycles. The van der Waals surface area contributed by atoms with E-state index in [4.69, 9.17) is 11.6 Å². The lowest BCUT2D eigenvalue weighted by molar-refractivity contribution is -0.118. The summed E-state index contributed by atoms with van der Waals surface area (Å²) in [4.78, 5) is 14.3. The molecule has 1 rings (SSSR count). The molecule has 0 radical (unpaired) electrons. The summed E-state index contributed by atoms with van der Waals surface area (Å²) in [5.74, 6) is 0.222. The summed E-state index contributed by atoms with van der Waals surface area (Å²) in [5.41, 5.74) is 1.71. The standard InChI is InChI=1S/C14H24ClN3O/c1-5-12-14(15)13(17(4)16-12)10-11(19)8-9-18(6-2)7-3/h5-10H2,1-4H3. The number of carbonyl (C=O) groups excluding carboxylic acids is 1. The summed E-state index contributed by atoms with van der Waals surface area (Å²) >= 11 is 6.25. The smallest absolute Gasteiger partial charge is 0.140 e. The van der Waals surface area contributed by atoms with E-state index in [0.717, 1.165) is 37.4 Å². The van der Waals surface area contributed by atoms with Crippen molar-refractivity contribution in [2.45, 2.75) is 40.0 Å². The van der Waals surface area contributed by atoms with Crippen LogP contribution in [0.4, 0.5) is 0 Å². The van der Waals surface area contributed by atoms with Crippen LogP contribution in [0, 0.1) is 0 Å². The summed E-state index contributed by atoms with van der Waals surface area (Å²) in [6.45, 7) is 9.02. The Morgan fingerprint density at radius 2 is 1.95 bits per heavy atom. The van der Waals surface area contributed by atoms with Crippen LogP contribution >= 0.6 is 11.6 Å². The van der Waals surface area contributed by atoms with Crippen molar-refractivity contribution in [3.05, 3.63) is 16.4 Å². The summed E-state index contributed by atoms with van der Waals surface area (Å²) in [6.07, 6.45) is 1.74. The van der Waals surface area contributed by atoms with Crippen molar-refractivity contribution in [2.75, 3.05) is 19.6 Å². The maximum absolute atomic E-state index is 12.0. The number of aryl methyl sites for hydroxylation is 2. The zero-order valence-electron chi connectivity index (χ0n) is 12.4. The lowest BCUT2D eigenvalue weighted by Gasteiger charge is -2.17. The van der Waals surface area contributed by atoms with E-state index in [9.17, 15) is 4.79 Å². The first-order valence-electron chi connectivity index (χ1n) is 6.97. The van der Waals surface area contributed by atoms with Crippen molar-refractivity contribution < 1.29 is 4.79 Å². The fourth-order valence-electron chi connectivity index (χ4n) is 2.11. The molecule has 0 N–H and O–H groups in total. The minimum absolute atomic E-state index is 0.222. The average molecular weight is 286 g/mol. The molecule has 0 aliphatic carbocycles. The lowest BCUT2D eigenvalue weighted by Crippen LogP contribution is -2.26. The lowest BCUT2D eigenvalue weighted by atomic mass is 10.1. The van der Waals surface area contributed by atoms with Crippen LogP contribution in [0.3, 0.4) is 0 Å². The van der Waals surface area contributed by atoms with Crippen molar-refractivity contribution in [3.8, 4) is 0 Å². The Labute approximate surface area is 120 Å². The van der Waals surface area contributed by atoms with Gasteiger partial charge in [0.1, 0.15) is 5.78 Å². The van der Waals surface area contributed by atoms with Crippen molar-refractivity contribution in [3.63, 3.8) is 0 Å². The molecule has 0 saturated carbocycles. The molecule has 0 fully saturated rings. The summed E-state index contributed by atoms with van der Waals surface area (Å²) in [5, 5.41) is 4.99. The minimum atomic E-state index is 0.222. The molecular formula is C14H24ClN3O. The van der Waals surface area contributed by atoms with Gasteiger partial charge in [0.2, 0.25) is 0 Å². The average Bonchev–Trinajstić information content (AvgIpc) is 2.67. The molecule has 0 aromatic carbocycles. The summed E-state index contributed by atoms with van der Waals surface area (Å²) < 4.78 is 1.73. The summed E-state index contributed by atoms with van der Waals surface area (Å²) in [6, 6.07) is 0. The topological polar surface area (TPSA) is 38.1 Å². The van der Waals surface area contributed by atoms with Gasteiger partial charge in [0.05, 0.1) is 16.4 Å². The third kappa shape index (κ3) is 4.32. The third-order valence-corrected chi connectivity index (χ3v) is 3.91. The van der Waals surface area contributed by atoms with E-state index >= 15 is 0 Å². The molecule has 5 heteroatoms. The minimum Gasteiger partial charge on any atom is -0.303 e. The van der Waals surface area contributed by atoms with Crippen molar-refractivity contribution >= 4 is 17.4 Å². The van der Waals surface area contributed by atoms with Gasteiger partial charge in [0, 0.05) is 26.4 Å². The molecule has 1 aromatic heterocycles. The first-order chi connectivity index (χ1) is 9.03. The quantitative estimate of drug-likeness (QED) is 0.736. The van der Waals surface area contributed by atoms with Crippen LogP contribution in [0.5, 0.6) is 0 Å². The fraction of sp³-hybridized carbons (Fsp3) is 0.714. The number of aromatic nitrogens is 2. The van der Waals surface area contributed by atoms with E-state index in [-0.39, 0.29) is 5.78 Å². The first-order valence-corrected chi connectivity index (χ1v) is 7.35. The molecule has 0 atom stereocenters. The number of halogens is 1. The molecule has 4 nitrogen and oxygen atoms in total. The number of Topliss-reactive ketones (excluding diaryl/α,β-unsaturated/α-hetero) is 1. The molecule has 0 amide bonds. The molecule has 19 heavy (non-hydrogen) atoms. The predicted molar refractivity (Wildman–Crippen MR) is 78.7 cm³/mol. The molecule has 0 unspecified atom stereocenters. The first kappa shape index (κ1) is 16.2. The SMILES string of the molecule is CCc1nn(C)c(CC(=O)CCN(CC)CC)c1Cl. The third-order valence-electron chi connectivity index (χ3n) is 3.47. The monoisotopic (exact) mass is 285 g/mol. The maximum atomic E-state index is 12.0. The zero-order chi connectivity index (χ0) is 14.4. The second-order valence-electron chi connectivity index (χ2n) is 4.68. The number of carbonyl (C=O) groups is 1. The zero-order valence-corrected chi connectivity index (χ0v) is 13.1. The van der Waals surface area contributed by atoms with Crippen molar-refractivity contribution in [2.24, 2.45) is 7.05 Å². The second-order valence-corrected chi connectivity index (χ2v) is 5.05.